The van der Waals surface area contributed by atoms with Gasteiger partial charge in [0, 0.05) is 13.1 Å². The van der Waals surface area contributed by atoms with Crippen molar-refractivity contribution in [2.45, 2.75) is 13.8 Å². The zero-order valence-electron chi connectivity index (χ0n) is 18.1. The Hall–Kier alpha value is -3.10. The van der Waals surface area contributed by atoms with Gasteiger partial charge in [-0.1, -0.05) is 42.2 Å². The van der Waals surface area contributed by atoms with Gasteiger partial charge in [0.15, 0.2) is 4.32 Å². The number of hydrogen-bond donors (Lipinski definition) is 0. The van der Waals surface area contributed by atoms with E-state index in [2.05, 4.69) is 23.6 Å². The van der Waals surface area contributed by atoms with E-state index in [-0.39, 0.29) is 11.9 Å². The molecule has 0 aromatic heterocycles. The second-order valence-electron chi connectivity index (χ2n) is 7.08. The van der Waals surface area contributed by atoms with E-state index in [0.29, 0.717) is 21.3 Å². The van der Waals surface area contributed by atoms with Crippen molar-refractivity contribution in [1.29, 1.82) is 0 Å². The standard InChI is InChI=1S/C24H23N3O3S2/c1-4-25-18-12-11-16(23(29)30-3)15-19(18)26(5-2)21(25)14-13-20-22(28)27(24(31)32-20)17-9-7-6-8-10-17/h6-15H,4-5H2,1-3H3/b20-13+,21-14+. The van der Waals surface area contributed by atoms with Gasteiger partial charge in [-0.15, -0.1) is 0 Å². The maximum absolute atomic E-state index is 13.0. The maximum Gasteiger partial charge on any atom is 0.337 e. The fraction of sp³-hybridized carbons (Fsp3) is 0.208. The Balaban J connectivity index is 1.68. The predicted octanol–water partition coefficient (Wildman–Crippen LogP) is 4.93. The molecule has 4 rings (SSSR count). The van der Waals surface area contributed by atoms with Gasteiger partial charge in [0.25, 0.3) is 5.91 Å². The van der Waals surface area contributed by atoms with Gasteiger partial charge < -0.3 is 14.5 Å². The van der Waals surface area contributed by atoms with Gasteiger partial charge in [0.05, 0.1) is 34.6 Å². The largest absolute Gasteiger partial charge is 0.465 e. The van der Waals surface area contributed by atoms with Crippen LogP contribution < -0.4 is 14.7 Å². The van der Waals surface area contributed by atoms with Crippen molar-refractivity contribution in [2.24, 2.45) is 0 Å². The van der Waals surface area contributed by atoms with Crippen LogP contribution in [0.15, 0.2) is 71.4 Å². The van der Waals surface area contributed by atoms with Gasteiger partial charge in [-0.3, -0.25) is 9.69 Å². The first-order valence-corrected chi connectivity index (χ1v) is 11.5. The van der Waals surface area contributed by atoms with Crippen molar-refractivity contribution < 1.29 is 14.3 Å². The van der Waals surface area contributed by atoms with Crippen LogP contribution in [0.4, 0.5) is 17.1 Å². The Morgan fingerprint density at radius 3 is 2.38 bits per heavy atom. The number of allylic oxidation sites excluding steroid dienone is 2. The topological polar surface area (TPSA) is 53.1 Å². The normalized spacial score (nSPS) is 18.2. The summed E-state index contributed by atoms with van der Waals surface area (Å²) < 4.78 is 5.39. The first kappa shape index (κ1) is 22.1. The van der Waals surface area contributed by atoms with Crippen LogP contribution in [0.2, 0.25) is 0 Å². The van der Waals surface area contributed by atoms with E-state index in [0.717, 1.165) is 29.4 Å². The molecule has 0 bridgehead atoms. The summed E-state index contributed by atoms with van der Waals surface area (Å²) in [4.78, 5) is 31.5. The smallest absolute Gasteiger partial charge is 0.337 e. The fourth-order valence-electron chi connectivity index (χ4n) is 3.88. The molecule has 1 saturated heterocycles. The van der Waals surface area contributed by atoms with Crippen LogP contribution in [-0.2, 0) is 9.53 Å². The van der Waals surface area contributed by atoms with Gasteiger partial charge in [-0.25, -0.2) is 4.79 Å². The molecule has 0 atom stereocenters. The molecule has 0 spiro atoms. The molecule has 8 heteroatoms. The molecule has 2 aliphatic rings. The second-order valence-corrected chi connectivity index (χ2v) is 8.76. The van der Waals surface area contributed by atoms with Gasteiger partial charge in [0.2, 0.25) is 0 Å². The van der Waals surface area contributed by atoms with Gasteiger partial charge in [-0.2, -0.15) is 0 Å². The molecule has 32 heavy (non-hydrogen) atoms. The highest BCUT2D eigenvalue weighted by molar-refractivity contribution is 8.27. The van der Waals surface area contributed by atoms with Crippen LogP contribution in [-0.4, -0.2) is 36.4 Å². The molecule has 164 valence electrons. The van der Waals surface area contributed by atoms with Gasteiger partial charge in [0.1, 0.15) is 5.82 Å². The number of methoxy groups -OCH3 is 1. The molecular formula is C24H23N3O3S2. The van der Waals surface area contributed by atoms with Gasteiger partial charge in [-0.05, 0) is 56.3 Å². The lowest BCUT2D eigenvalue weighted by Gasteiger charge is -2.23. The first-order valence-electron chi connectivity index (χ1n) is 10.3. The molecule has 0 aliphatic carbocycles. The van der Waals surface area contributed by atoms with Crippen LogP contribution in [0.25, 0.3) is 0 Å². The molecule has 0 N–H and O–H groups in total. The van der Waals surface area contributed by atoms with E-state index in [1.165, 1.54) is 18.9 Å². The Labute approximate surface area is 197 Å². The van der Waals surface area contributed by atoms with E-state index >= 15 is 0 Å². The van der Waals surface area contributed by atoms with E-state index < -0.39 is 0 Å². The summed E-state index contributed by atoms with van der Waals surface area (Å²) in [6, 6.07) is 15.0. The number of thiocarbonyl (C=S) groups is 1. The number of amides is 1. The number of hydrogen-bond acceptors (Lipinski definition) is 7. The van der Waals surface area contributed by atoms with Crippen molar-refractivity contribution in [1.82, 2.24) is 0 Å². The second kappa shape index (κ2) is 9.18. The number of carbonyl (C=O) groups excluding carboxylic acids is 2. The molecule has 2 heterocycles. The summed E-state index contributed by atoms with van der Waals surface area (Å²) in [5.74, 6) is 0.448. The highest BCUT2D eigenvalue weighted by Crippen LogP contribution is 2.42. The third-order valence-corrected chi connectivity index (χ3v) is 6.68. The molecule has 0 unspecified atom stereocenters. The van der Waals surface area contributed by atoms with Crippen molar-refractivity contribution in [2.75, 3.05) is 34.9 Å². The molecular weight excluding hydrogens is 442 g/mol. The number of benzene rings is 2. The summed E-state index contributed by atoms with van der Waals surface area (Å²) >= 11 is 6.76. The van der Waals surface area contributed by atoms with Crippen LogP contribution in [0.5, 0.6) is 0 Å². The number of esters is 1. The van der Waals surface area contributed by atoms with E-state index in [1.54, 1.807) is 11.0 Å². The Morgan fingerprint density at radius 1 is 1.03 bits per heavy atom. The lowest BCUT2D eigenvalue weighted by molar-refractivity contribution is -0.113. The van der Waals surface area contributed by atoms with Gasteiger partial charge >= 0.3 is 5.97 Å². The maximum atomic E-state index is 13.0. The summed E-state index contributed by atoms with van der Waals surface area (Å²) in [6.45, 7) is 5.57. The number of carbonyl (C=O) groups is 2. The number of thioether (sulfide) groups is 1. The van der Waals surface area contributed by atoms with Crippen molar-refractivity contribution in [3.8, 4) is 0 Å². The van der Waals surface area contributed by atoms with E-state index in [4.69, 9.17) is 17.0 Å². The van der Waals surface area contributed by atoms with Crippen molar-refractivity contribution in [3.05, 3.63) is 77.0 Å². The highest BCUT2D eigenvalue weighted by Gasteiger charge is 2.34. The summed E-state index contributed by atoms with van der Waals surface area (Å²) in [5.41, 5.74) is 3.22. The number of rotatable bonds is 5. The molecule has 6 nitrogen and oxygen atoms in total. The molecule has 2 aromatic carbocycles. The lowest BCUT2D eigenvalue weighted by Crippen LogP contribution is -2.28. The highest BCUT2D eigenvalue weighted by atomic mass is 32.2. The van der Waals surface area contributed by atoms with Crippen LogP contribution >= 0.6 is 24.0 Å². The third-order valence-electron chi connectivity index (χ3n) is 5.36. The Bertz CT molecular complexity index is 1140. The Morgan fingerprint density at radius 2 is 1.72 bits per heavy atom. The van der Waals surface area contributed by atoms with Crippen LogP contribution in [0, 0.1) is 0 Å². The molecule has 2 aliphatic heterocycles. The zero-order valence-corrected chi connectivity index (χ0v) is 19.7. The van der Waals surface area contributed by atoms with E-state index in [1.807, 2.05) is 54.6 Å². The average molecular weight is 466 g/mol. The Kier molecular flexibility index (Phi) is 6.34. The summed E-state index contributed by atoms with van der Waals surface area (Å²) in [6.07, 6.45) is 3.78. The molecule has 1 fully saturated rings. The number of ether oxygens (including phenoxy) is 1. The van der Waals surface area contributed by atoms with Crippen molar-refractivity contribution in [3.63, 3.8) is 0 Å². The predicted molar refractivity (Wildman–Crippen MR) is 134 cm³/mol. The minimum absolute atomic E-state index is 0.127. The quantitative estimate of drug-likeness (QED) is 0.353. The van der Waals surface area contributed by atoms with E-state index in [9.17, 15) is 9.59 Å². The number of para-hydroxylation sites is 1. The number of nitrogens with zero attached hydrogens (tertiary/aromatic N) is 3. The molecule has 2 aromatic rings. The molecule has 0 radical (unpaired) electrons. The number of fused-ring (bicyclic) bond motifs is 1. The summed E-state index contributed by atoms with van der Waals surface area (Å²) in [7, 11) is 1.38. The van der Waals surface area contributed by atoms with Crippen LogP contribution in [0.3, 0.4) is 0 Å². The number of anilines is 3. The average Bonchev–Trinajstić information content (AvgIpc) is 3.28. The van der Waals surface area contributed by atoms with Crippen molar-refractivity contribution >= 4 is 57.2 Å². The first-order chi connectivity index (χ1) is 15.5. The zero-order chi connectivity index (χ0) is 22.8. The summed E-state index contributed by atoms with van der Waals surface area (Å²) in [5, 5.41) is 0. The minimum atomic E-state index is -0.367. The minimum Gasteiger partial charge on any atom is -0.465 e. The monoisotopic (exact) mass is 465 g/mol. The SMILES string of the molecule is CCN1/C(=C\C=C2\SC(=S)N(c3ccccc3)C2=O)N(CC)c2cc(C(=O)OC)ccc21. The molecule has 0 saturated carbocycles. The molecule has 1 amide bonds. The lowest BCUT2D eigenvalue weighted by atomic mass is 10.1. The fourth-order valence-corrected chi connectivity index (χ4v) is 5.12. The third kappa shape index (κ3) is 3.80. The van der Waals surface area contributed by atoms with Crippen LogP contribution in [0.1, 0.15) is 24.2 Å².